The molecule has 110 valence electrons. The zero-order valence-corrected chi connectivity index (χ0v) is 11.8. The summed E-state index contributed by atoms with van der Waals surface area (Å²) in [6.07, 6.45) is -4.51. The molecule has 0 fully saturated rings. The maximum Gasteiger partial charge on any atom is 0.409 e. The van der Waals surface area contributed by atoms with Crippen molar-refractivity contribution in [2.75, 3.05) is 19.6 Å². The molecular formula is C13H21F3N2O. The first-order valence-electron chi connectivity index (χ1n) is 6.49. The van der Waals surface area contributed by atoms with Gasteiger partial charge >= 0.3 is 12.2 Å². The van der Waals surface area contributed by atoms with Crippen LogP contribution >= 0.6 is 0 Å². The Hall–Kier alpha value is -1.20. The van der Waals surface area contributed by atoms with Gasteiger partial charge in [0.05, 0.1) is 0 Å². The molecule has 2 amide bonds. The first-order valence-corrected chi connectivity index (χ1v) is 6.49. The molecule has 0 spiro atoms. The summed E-state index contributed by atoms with van der Waals surface area (Å²) in [6.45, 7) is 7.91. The molecule has 0 aromatic rings. The molecule has 0 aliphatic carbocycles. The van der Waals surface area contributed by atoms with Gasteiger partial charge < -0.3 is 9.80 Å². The minimum atomic E-state index is -4.38. The largest absolute Gasteiger partial charge is 0.409 e. The molecule has 1 atom stereocenters. The van der Waals surface area contributed by atoms with Crippen molar-refractivity contribution in [3.8, 4) is 0 Å². The lowest BCUT2D eigenvalue weighted by molar-refractivity contribution is -0.177. The van der Waals surface area contributed by atoms with Gasteiger partial charge in [-0.25, -0.2) is 4.79 Å². The van der Waals surface area contributed by atoms with Crippen molar-refractivity contribution in [1.82, 2.24) is 9.80 Å². The van der Waals surface area contributed by atoms with Crippen LogP contribution in [0.1, 0.15) is 34.1 Å². The average molecular weight is 278 g/mol. The summed E-state index contributed by atoms with van der Waals surface area (Å²) < 4.78 is 39.3. The lowest BCUT2D eigenvalue weighted by Gasteiger charge is -2.40. The van der Waals surface area contributed by atoms with Crippen LogP contribution in [-0.4, -0.2) is 47.7 Å². The van der Waals surface area contributed by atoms with Gasteiger partial charge in [-0.2, -0.15) is 13.2 Å². The van der Waals surface area contributed by atoms with Gasteiger partial charge in [0.2, 0.25) is 0 Å². The quantitative estimate of drug-likeness (QED) is 0.710. The van der Waals surface area contributed by atoms with E-state index in [0.29, 0.717) is 13.1 Å². The summed E-state index contributed by atoms with van der Waals surface area (Å²) in [5, 5.41) is 0. The van der Waals surface area contributed by atoms with E-state index >= 15 is 0 Å². The molecule has 1 aliphatic rings. The van der Waals surface area contributed by atoms with Crippen molar-refractivity contribution >= 4 is 6.03 Å². The molecule has 0 radical (unpaired) electrons. The first-order chi connectivity index (χ1) is 8.72. The van der Waals surface area contributed by atoms with Crippen molar-refractivity contribution in [3.63, 3.8) is 0 Å². The molecule has 19 heavy (non-hydrogen) atoms. The standard InChI is InChI=1S/C13H21F3N2O/c1-5-17(6-2)12(19)18-8-10(4)9(3)7-11(18)13(14,15)16/h11H,5-8H2,1-4H3. The van der Waals surface area contributed by atoms with Gasteiger partial charge in [0, 0.05) is 19.6 Å². The van der Waals surface area contributed by atoms with Crippen molar-refractivity contribution < 1.29 is 18.0 Å². The fraction of sp³-hybridized carbons (Fsp3) is 0.769. The summed E-state index contributed by atoms with van der Waals surface area (Å²) in [4.78, 5) is 14.6. The zero-order valence-electron chi connectivity index (χ0n) is 11.8. The topological polar surface area (TPSA) is 23.6 Å². The predicted octanol–water partition coefficient (Wildman–Crippen LogP) is 3.42. The minimum Gasteiger partial charge on any atom is -0.325 e. The summed E-state index contributed by atoms with van der Waals surface area (Å²) in [5.74, 6) is 0. The number of rotatable bonds is 2. The van der Waals surface area contributed by atoms with Gasteiger partial charge in [-0.05, 0) is 34.1 Å². The van der Waals surface area contributed by atoms with Crippen LogP contribution in [0.4, 0.5) is 18.0 Å². The van der Waals surface area contributed by atoms with Crippen LogP contribution in [-0.2, 0) is 0 Å². The van der Waals surface area contributed by atoms with Gasteiger partial charge in [-0.1, -0.05) is 11.1 Å². The van der Waals surface area contributed by atoms with E-state index in [2.05, 4.69) is 0 Å². The Kier molecular flexibility index (Phi) is 4.87. The fourth-order valence-corrected chi connectivity index (χ4v) is 2.24. The highest BCUT2D eigenvalue weighted by Gasteiger charge is 2.47. The van der Waals surface area contributed by atoms with Gasteiger partial charge in [0.25, 0.3) is 0 Å². The molecule has 3 nitrogen and oxygen atoms in total. The number of nitrogens with zero attached hydrogens (tertiary/aromatic N) is 2. The van der Waals surface area contributed by atoms with E-state index in [0.717, 1.165) is 16.0 Å². The number of alkyl halides is 3. The molecule has 6 heteroatoms. The number of halogens is 3. The molecule has 0 bridgehead atoms. The van der Waals surface area contributed by atoms with Crippen LogP contribution < -0.4 is 0 Å². The Morgan fingerprint density at radius 3 is 2.21 bits per heavy atom. The molecule has 0 saturated carbocycles. The molecule has 1 aliphatic heterocycles. The number of hydrogen-bond acceptors (Lipinski definition) is 1. The molecule has 0 N–H and O–H groups in total. The van der Waals surface area contributed by atoms with E-state index in [9.17, 15) is 18.0 Å². The van der Waals surface area contributed by atoms with Gasteiger partial charge in [-0.3, -0.25) is 0 Å². The Morgan fingerprint density at radius 1 is 1.26 bits per heavy atom. The lowest BCUT2D eigenvalue weighted by Crippen LogP contribution is -2.55. The van der Waals surface area contributed by atoms with E-state index in [-0.39, 0.29) is 13.0 Å². The Labute approximate surface area is 112 Å². The monoisotopic (exact) mass is 278 g/mol. The molecule has 1 heterocycles. The Morgan fingerprint density at radius 2 is 1.79 bits per heavy atom. The molecule has 0 aromatic carbocycles. The molecule has 0 saturated heterocycles. The highest BCUT2D eigenvalue weighted by atomic mass is 19.4. The van der Waals surface area contributed by atoms with Crippen molar-refractivity contribution in [2.24, 2.45) is 0 Å². The second-order valence-electron chi connectivity index (χ2n) is 4.90. The number of amides is 2. The Bertz CT molecular complexity index is 373. The second kappa shape index (κ2) is 5.84. The van der Waals surface area contributed by atoms with Crippen LogP contribution in [0.5, 0.6) is 0 Å². The van der Waals surface area contributed by atoms with Crippen LogP contribution in [0, 0.1) is 0 Å². The molecular weight excluding hydrogens is 257 g/mol. The maximum atomic E-state index is 13.1. The normalized spacial score (nSPS) is 20.8. The third-order valence-corrected chi connectivity index (χ3v) is 3.67. The number of carbonyl (C=O) groups excluding carboxylic acids is 1. The fourth-order valence-electron chi connectivity index (χ4n) is 2.24. The Balaban J connectivity index is 3.04. The lowest BCUT2D eigenvalue weighted by atomic mass is 9.96. The van der Waals surface area contributed by atoms with Crippen molar-refractivity contribution in [3.05, 3.63) is 11.1 Å². The smallest absolute Gasteiger partial charge is 0.325 e. The van der Waals surface area contributed by atoms with E-state index in [1.165, 1.54) is 4.90 Å². The van der Waals surface area contributed by atoms with Crippen LogP contribution in [0.15, 0.2) is 11.1 Å². The van der Waals surface area contributed by atoms with Crippen LogP contribution in [0.2, 0.25) is 0 Å². The first kappa shape index (κ1) is 15.9. The van der Waals surface area contributed by atoms with E-state index in [1.807, 2.05) is 0 Å². The van der Waals surface area contributed by atoms with Gasteiger partial charge in [0.1, 0.15) is 6.04 Å². The van der Waals surface area contributed by atoms with Crippen LogP contribution in [0.3, 0.4) is 0 Å². The summed E-state index contributed by atoms with van der Waals surface area (Å²) in [5.41, 5.74) is 1.58. The number of urea groups is 1. The zero-order chi connectivity index (χ0) is 14.8. The summed E-state index contributed by atoms with van der Waals surface area (Å²) in [6, 6.07) is -2.23. The van der Waals surface area contributed by atoms with Crippen molar-refractivity contribution in [2.45, 2.75) is 46.3 Å². The highest BCUT2D eigenvalue weighted by molar-refractivity contribution is 5.75. The summed E-state index contributed by atoms with van der Waals surface area (Å²) >= 11 is 0. The predicted molar refractivity (Wildman–Crippen MR) is 67.9 cm³/mol. The molecule has 1 rings (SSSR count). The van der Waals surface area contributed by atoms with Crippen molar-refractivity contribution in [1.29, 1.82) is 0 Å². The van der Waals surface area contributed by atoms with Gasteiger partial charge in [0.15, 0.2) is 0 Å². The number of carbonyl (C=O) groups is 1. The van der Waals surface area contributed by atoms with E-state index in [4.69, 9.17) is 0 Å². The number of hydrogen-bond donors (Lipinski definition) is 0. The summed E-state index contributed by atoms with van der Waals surface area (Å²) in [7, 11) is 0. The van der Waals surface area contributed by atoms with Gasteiger partial charge in [-0.15, -0.1) is 0 Å². The minimum absolute atomic E-state index is 0.0609. The van der Waals surface area contributed by atoms with E-state index < -0.39 is 18.2 Å². The van der Waals surface area contributed by atoms with Crippen LogP contribution in [0.25, 0.3) is 0 Å². The SMILES string of the molecule is CCN(CC)C(=O)N1CC(C)=C(C)CC1C(F)(F)F. The average Bonchev–Trinajstić information content (AvgIpc) is 2.32. The van der Waals surface area contributed by atoms with E-state index in [1.54, 1.807) is 27.7 Å². The maximum absolute atomic E-state index is 13.1. The second-order valence-corrected chi connectivity index (χ2v) is 4.90. The third kappa shape index (κ3) is 3.42. The third-order valence-electron chi connectivity index (χ3n) is 3.67. The highest BCUT2D eigenvalue weighted by Crippen LogP contribution is 2.34. The molecule has 0 aromatic heterocycles. The molecule has 1 unspecified atom stereocenters.